The van der Waals surface area contributed by atoms with Gasteiger partial charge in [-0.3, -0.25) is 0 Å². The van der Waals surface area contributed by atoms with Crippen molar-refractivity contribution in [1.29, 1.82) is 0 Å². The molecule has 5 aliphatic rings. The first-order chi connectivity index (χ1) is 16.2. The molecule has 0 unspecified atom stereocenters. The summed E-state index contributed by atoms with van der Waals surface area (Å²) in [5.41, 5.74) is 4.82. The van der Waals surface area contributed by atoms with Crippen LogP contribution in [-0.2, 0) is 9.47 Å². The van der Waals surface area contributed by atoms with Crippen LogP contribution in [0.3, 0.4) is 0 Å². The Morgan fingerprint density at radius 1 is 0.727 bits per heavy atom. The molecule has 0 radical (unpaired) electrons. The summed E-state index contributed by atoms with van der Waals surface area (Å²) in [7, 11) is 0. The number of benzene rings is 2. The van der Waals surface area contributed by atoms with Crippen LogP contribution in [0.4, 0.5) is 0 Å². The van der Waals surface area contributed by atoms with Crippen molar-refractivity contribution in [2.45, 2.75) is 107 Å². The van der Waals surface area contributed by atoms with Crippen LogP contribution in [0.2, 0.25) is 0 Å². The van der Waals surface area contributed by atoms with E-state index in [9.17, 15) is 5.11 Å². The van der Waals surface area contributed by atoms with Crippen molar-refractivity contribution in [2.75, 3.05) is 0 Å². The standard InChI is InChI=1S/C30H38O3/c1-3-5-7-13-19-29-25-20-14-9-10-15-21(20)26(32-29)24(18-8-6-4-2)30(31)28(29)23-17-12-11-16-22(23)27(25)33-30/h9-12,14-17,24-28,31H,3-8,13,18-19H2,1-2H3/t24-,25-,26+,27-,28+,29-,30+/m0/s1. The highest BCUT2D eigenvalue weighted by molar-refractivity contribution is 5.53. The minimum Gasteiger partial charge on any atom is -0.365 e. The smallest absolute Gasteiger partial charge is 0.181 e. The Bertz CT molecular complexity index is 1020. The zero-order valence-electron chi connectivity index (χ0n) is 20.1. The molecule has 2 aromatic carbocycles. The maximum absolute atomic E-state index is 12.5. The van der Waals surface area contributed by atoms with Gasteiger partial charge >= 0.3 is 0 Å². The molecule has 0 saturated carbocycles. The van der Waals surface area contributed by atoms with Crippen molar-refractivity contribution in [3.05, 3.63) is 70.8 Å². The lowest BCUT2D eigenvalue weighted by Gasteiger charge is -2.71. The molecule has 33 heavy (non-hydrogen) atoms. The number of aliphatic hydroxyl groups is 1. The zero-order valence-corrected chi connectivity index (χ0v) is 20.1. The molecule has 1 aliphatic carbocycles. The van der Waals surface area contributed by atoms with E-state index in [0.29, 0.717) is 0 Å². The fourth-order valence-corrected chi connectivity index (χ4v) is 7.78. The number of rotatable bonds is 9. The second-order valence-corrected chi connectivity index (χ2v) is 10.9. The molecule has 0 aromatic heterocycles. The van der Waals surface area contributed by atoms with Gasteiger partial charge in [0.25, 0.3) is 0 Å². The van der Waals surface area contributed by atoms with E-state index in [0.717, 1.165) is 25.7 Å². The molecule has 0 spiro atoms. The molecule has 1 N–H and O–H groups in total. The molecule has 5 bridgehead atoms. The maximum atomic E-state index is 12.5. The van der Waals surface area contributed by atoms with Gasteiger partial charge in [0.2, 0.25) is 0 Å². The van der Waals surface area contributed by atoms with Gasteiger partial charge in [-0.1, -0.05) is 107 Å². The molecule has 3 heteroatoms. The third kappa shape index (κ3) is 2.98. The molecular weight excluding hydrogens is 408 g/mol. The largest absolute Gasteiger partial charge is 0.365 e. The van der Waals surface area contributed by atoms with E-state index >= 15 is 0 Å². The quantitative estimate of drug-likeness (QED) is 0.410. The monoisotopic (exact) mass is 446 g/mol. The van der Waals surface area contributed by atoms with Crippen LogP contribution in [0, 0.1) is 5.92 Å². The number of fused-ring (bicyclic) bond motifs is 3. The highest BCUT2D eigenvalue weighted by atomic mass is 16.7. The third-order valence-corrected chi connectivity index (χ3v) is 9.08. The van der Waals surface area contributed by atoms with Gasteiger partial charge < -0.3 is 14.6 Å². The third-order valence-electron chi connectivity index (χ3n) is 9.08. The summed E-state index contributed by atoms with van der Waals surface area (Å²) in [6.07, 6.45) is 9.97. The van der Waals surface area contributed by atoms with Crippen molar-refractivity contribution in [2.24, 2.45) is 5.92 Å². The second kappa shape index (κ2) is 8.22. The second-order valence-electron chi connectivity index (χ2n) is 10.9. The molecule has 2 fully saturated rings. The SMILES string of the molecule is CCCCCC[C@]12O[C@@H]3c4ccccc4[C@H]1[C@H]1O[C@](O)([C@H]3CCCCC)[C@@H]2c2ccccc21. The van der Waals surface area contributed by atoms with Crippen LogP contribution in [0.5, 0.6) is 0 Å². The summed E-state index contributed by atoms with van der Waals surface area (Å²) in [6.45, 7) is 4.50. The number of hydrogen-bond donors (Lipinski definition) is 1. The number of unbranched alkanes of at least 4 members (excludes halogenated alkanes) is 5. The Morgan fingerprint density at radius 3 is 2.09 bits per heavy atom. The maximum Gasteiger partial charge on any atom is 0.181 e. The van der Waals surface area contributed by atoms with Crippen LogP contribution in [-0.4, -0.2) is 16.5 Å². The van der Waals surface area contributed by atoms with E-state index in [4.69, 9.17) is 9.47 Å². The minimum absolute atomic E-state index is 0.0453. The lowest BCUT2D eigenvalue weighted by atomic mass is 9.49. The number of ether oxygens (including phenoxy) is 2. The molecule has 4 aliphatic heterocycles. The fourth-order valence-electron chi connectivity index (χ4n) is 7.78. The number of hydrogen-bond acceptors (Lipinski definition) is 3. The predicted molar refractivity (Wildman–Crippen MR) is 130 cm³/mol. The first-order valence-electron chi connectivity index (χ1n) is 13.4. The summed E-state index contributed by atoms with van der Waals surface area (Å²) in [6, 6.07) is 17.6. The summed E-state index contributed by atoms with van der Waals surface area (Å²) < 4.78 is 14.1. The summed E-state index contributed by atoms with van der Waals surface area (Å²) in [5, 5.41) is 12.5. The van der Waals surface area contributed by atoms with Crippen LogP contribution < -0.4 is 0 Å². The topological polar surface area (TPSA) is 38.7 Å². The molecule has 2 saturated heterocycles. The first-order valence-corrected chi connectivity index (χ1v) is 13.4. The highest BCUT2D eigenvalue weighted by Gasteiger charge is 2.75. The average Bonchev–Trinajstić information content (AvgIpc) is 2.83. The predicted octanol–water partition coefficient (Wildman–Crippen LogP) is 7.32. The minimum atomic E-state index is -1.16. The molecule has 0 amide bonds. The van der Waals surface area contributed by atoms with Crippen molar-refractivity contribution < 1.29 is 14.6 Å². The van der Waals surface area contributed by atoms with Crippen LogP contribution in [0.25, 0.3) is 0 Å². The van der Waals surface area contributed by atoms with E-state index in [2.05, 4.69) is 62.4 Å². The fraction of sp³-hybridized carbons (Fsp3) is 0.600. The van der Waals surface area contributed by atoms with Crippen LogP contribution in [0.1, 0.15) is 118 Å². The average molecular weight is 447 g/mol. The van der Waals surface area contributed by atoms with Gasteiger partial charge in [0.15, 0.2) is 5.79 Å². The Balaban J connectivity index is 1.54. The van der Waals surface area contributed by atoms with Gasteiger partial charge in [0, 0.05) is 11.8 Å². The molecule has 176 valence electrons. The van der Waals surface area contributed by atoms with E-state index in [1.807, 2.05) is 0 Å². The van der Waals surface area contributed by atoms with E-state index < -0.39 is 5.79 Å². The molecule has 3 nitrogen and oxygen atoms in total. The van der Waals surface area contributed by atoms with Gasteiger partial charge in [0.1, 0.15) is 0 Å². The summed E-state index contributed by atoms with van der Waals surface area (Å²) >= 11 is 0. The zero-order chi connectivity index (χ0) is 22.6. The molecule has 7 atom stereocenters. The molecule has 2 aromatic rings. The van der Waals surface area contributed by atoms with Crippen molar-refractivity contribution in [3.8, 4) is 0 Å². The highest BCUT2D eigenvalue weighted by Crippen LogP contribution is 2.74. The van der Waals surface area contributed by atoms with Crippen molar-refractivity contribution >= 4 is 0 Å². The Hall–Kier alpha value is -1.68. The van der Waals surface area contributed by atoms with Crippen LogP contribution in [0.15, 0.2) is 48.5 Å². The van der Waals surface area contributed by atoms with Gasteiger partial charge in [-0.15, -0.1) is 0 Å². The molecular formula is C30H38O3. The first kappa shape index (κ1) is 21.8. The van der Waals surface area contributed by atoms with Crippen molar-refractivity contribution in [3.63, 3.8) is 0 Å². The van der Waals surface area contributed by atoms with Gasteiger partial charge in [-0.05, 0) is 35.1 Å². The molecule has 4 heterocycles. The van der Waals surface area contributed by atoms with E-state index in [1.54, 1.807) is 0 Å². The van der Waals surface area contributed by atoms with Gasteiger partial charge in [-0.2, -0.15) is 0 Å². The Labute approximate surface area is 198 Å². The Kier molecular flexibility index (Phi) is 5.44. The summed E-state index contributed by atoms with van der Waals surface area (Å²) in [5.74, 6) is -1.20. The van der Waals surface area contributed by atoms with E-state index in [-0.39, 0.29) is 35.6 Å². The van der Waals surface area contributed by atoms with Gasteiger partial charge in [0.05, 0.1) is 23.7 Å². The van der Waals surface area contributed by atoms with Crippen molar-refractivity contribution in [1.82, 2.24) is 0 Å². The van der Waals surface area contributed by atoms with Gasteiger partial charge in [-0.25, -0.2) is 0 Å². The van der Waals surface area contributed by atoms with Crippen LogP contribution >= 0.6 is 0 Å². The lowest BCUT2D eigenvalue weighted by molar-refractivity contribution is -0.415. The van der Waals surface area contributed by atoms with E-state index in [1.165, 1.54) is 54.4 Å². The normalized spacial score (nSPS) is 37.1. The summed E-state index contributed by atoms with van der Waals surface area (Å²) in [4.78, 5) is 0. The molecule has 7 rings (SSSR count). The Morgan fingerprint density at radius 2 is 1.36 bits per heavy atom. The lowest BCUT2D eigenvalue weighted by Crippen LogP contribution is -2.73.